The van der Waals surface area contributed by atoms with Crippen LogP contribution >= 0.6 is 0 Å². The molecule has 0 spiro atoms. The third-order valence-electron chi connectivity index (χ3n) is 7.48. The van der Waals surface area contributed by atoms with E-state index in [1.807, 2.05) is 34.6 Å². The number of hydrogen-bond acceptors (Lipinski definition) is 6. The first kappa shape index (κ1) is 32.4. The average Bonchev–Trinajstić information content (AvgIpc) is 3.32. The molecule has 2 N–H and O–H groups in total. The first-order chi connectivity index (χ1) is 19.3. The molecule has 0 bridgehead atoms. The summed E-state index contributed by atoms with van der Waals surface area (Å²) in [6, 6.07) is 2.61. The van der Waals surface area contributed by atoms with Crippen LogP contribution < -0.4 is 0 Å². The van der Waals surface area contributed by atoms with Crippen molar-refractivity contribution in [1.82, 2.24) is 24.8 Å². The Morgan fingerprint density at radius 1 is 1.22 bits per heavy atom. The van der Waals surface area contributed by atoms with Gasteiger partial charge in [0.05, 0.1) is 17.8 Å². The number of aromatic nitrogens is 3. The number of aliphatic hydroxyl groups excluding tert-OH is 1. The van der Waals surface area contributed by atoms with Crippen molar-refractivity contribution >= 4 is 12.0 Å². The third kappa shape index (κ3) is 7.40. The minimum Gasteiger partial charge on any atom is -0.465 e. The van der Waals surface area contributed by atoms with E-state index in [9.17, 15) is 28.6 Å². The highest BCUT2D eigenvalue weighted by Crippen LogP contribution is 2.38. The van der Waals surface area contributed by atoms with Crippen molar-refractivity contribution in [1.29, 1.82) is 0 Å². The van der Waals surface area contributed by atoms with Crippen molar-refractivity contribution in [2.24, 2.45) is 17.3 Å². The lowest BCUT2D eigenvalue weighted by Crippen LogP contribution is -2.65. The molecule has 1 unspecified atom stereocenters. The van der Waals surface area contributed by atoms with Crippen LogP contribution in [0.2, 0.25) is 0 Å². The van der Waals surface area contributed by atoms with Crippen molar-refractivity contribution in [2.45, 2.75) is 72.4 Å². The van der Waals surface area contributed by atoms with Crippen LogP contribution in [0.1, 0.15) is 70.1 Å². The molecule has 1 fully saturated rings. The molecule has 3 rings (SSSR count). The second kappa shape index (κ2) is 13.7. The Balaban J connectivity index is 2.15. The van der Waals surface area contributed by atoms with E-state index in [0.29, 0.717) is 44.5 Å². The molecule has 3 atom stereocenters. The van der Waals surface area contributed by atoms with Crippen molar-refractivity contribution < 1.29 is 33.3 Å². The van der Waals surface area contributed by atoms with Crippen LogP contribution in [-0.4, -0.2) is 92.5 Å². The van der Waals surface area contributed by atoms with Crippen LogP contribution in [0.25, 0.3) is 5.69 Å². The van der Waals surface area contributed by atoms with Gasteiger partial charge in [0.1, 0.15) is 5.69 Å². The standard InChI is InChI=1S/C29H43F2N5O5/c1-18(2)15-34(23-14-19(17-37)16-35(28(39)40)26(23)29(3,4)5)27(38)25-22(11-7-8-13-41-6)36(33-32-25)21-12-9-10-20(30)24(21)31/h9-10,12,18-19,23,26,37H,7-8,11,13-17H2,1-6H3,(H,39,40)/t19-,23+,26?/m1/s1. The van der Waals surface area contributed by atoms with Crippen LogP contribution in [0.5, 0.6) is 0 Å². The predicted octanol–water partition coefficient (Wildman–Crippen LogP) is 4.39. The van der Waals surface area contributed by atoms with Crippen LogP contribution in [0, 0.1) is 28.9 Å². The first-order valence-corrected chi connectivity index (χ1v) is 14.1. The lowest BCUT2D eigenvalue weighted by atomic mass is 9.74. The summed E-state index contributed by atoms with van der Waals surface area (Å²) in [5.74, 6) is -2.95. The first-order valence-electron chi connectivity index (χ1n) is 14.1. The minimum atomic E-state index is -1.11. The largest absolute Gasteiger partial charge is 0.465 e. The molecule has 1 saturated heterocycles. The minimum absolute atomic E-state index is 0.00684. The van der Waals surface area contributed by atoms with Crippen molar-refractivity contribution in [3.05, 3.63) is 41.2 Å². The Morgan fingerprint density at radius 3 is 2.51 bits per heavy atom. The molecular weight excluding hydrogens is 536 g/mol. The Morgan fingerprint density at radius 2 is 1.93 bits per heavy atom. The lowest BCUT2D eigenvalue weighted by molar-refractivity contribution is -0.0319. The van der Waals surface area contributed by atoms with Gasteiger partial charge in [-0.3, -0.25) is 4.79 Å². The number of carbonyl (C=O) groups is 2. The van der Waals surface area contributed by atoms with E-state index in [2.05, 4.69) is 10.3 Å². The summed E-state index contributed by atoms with van der Waals surface area (Å²) in [6.45, 7) is 10.4. The van der Waals surface area contributed by atoms with Gasteiger partial charge in [0.25, 0.3) is 5.91 Å². The molecule has 2 amide bonds. The van der Waals surface area contributed by atoms with Gasteiger partial charge in [-0.15, -0.1) is 5.10 Å². The number of carboxylic acid groups (broad SMARTS) is 1. The van der Waals surface area contributed by atoms with Crippen LogP contribution in [0.3, 0.4) is 0 Å². The zero-order valence-corrected chi connectivity index (χ0v) is 24.8. The predicted molar refractivity (Wildman–Crippen MR) is 149 cm³/mol. The average molecular weight is 580 g/mol. The van der Waals surface area contributed by atoms with Gasteiger partial charge in [-0.1, -0.05) is 45.9 Å². The quantitative estimate of drug-likeness (QED) is 0.379. The highest BCUT2D eigenvalue weighted by atomic mass is 19.2. The van der Waals surface area contributed by atoms with Gasteiger partial charge in [-0.2, -0.15) is 0 Å². The van der Waals surface area contributed by atoms with E-state index in [1.54, 1.807) is 12.0 Å². The number of aliphatic hydroxyl groups is 1. The van der Waals surface area contributed by atoms with Crippen LogP contribution in [-0.2, 0) is 11.2 Å². The highest BCUT2D eigenvalue weighted by Gasteiger charge is 2.48. The van der Waals surface area contributed by atoms with Crippen LogP contribution in [0.15, 0.2) is 18.2 Å². The summed E-state index contributed by atoms with van der Waals surface area (Å²) in [5.41, 5.74) is -0.352. The maximum Gasteiger partial charge on any atom is 0.407 e. The number of unbranched alkanes of at least 4 members (excludes halogenated alkanes) is 1. The molecule has 10 nitrogen and oxygen atoms in total. The fraction of sp³-hybridized carbons (Fsp3) is 0.655. The van der Waals surface area contributed by atoms with E-state index in [0.717, 1.165) is 6.07 Å². The number of piperidine rings is 1. The van der Waals surface area contributed by atoms with Crippen LogP contribution in [0.4, 0.5) is 13.6 Å². The summed E-state index contributed by atoms with van der Waals surface area (Å²) < 4.78 is 35.3. The SMILES string of the molecule is COCCCCc1c(C(=O)N(CC(C)C)[C@H]2C[C@@H](CO)CN(C(=O)O)C2C(C)(C)C)nnn1-c1cccc(F)c1F. The van der Waals surface area contributed by atoms with Crippen molar-refractivity contribution in [2.75, 3.05) is 33.4 Å². The topological polar surface area (TPSA) is 121 Å². The van der Waals surface area contributed by atoms with E-state index >= 15 is 0 Å². The van der Waals surface area contributed by atoms with Gasteiger partial charge in [-0.05, 0) is 49.1 Å². The fourth-order valence-electron chi connectivity index (χ4n) is 5.79. The summed E-state index contributed by atoms with van der Waals surface area (Å²) in [7, 11) is 1.59. The zero-order chi connectivity index (χ0) is 30.5. The van der Waals surface area contributed by atoms with E-state index in [-0.39, 0.29) is 36.4 Å². The number of rotatable bonds is 11. The number of amides is 2. The molecule has 0 saturated carbocycles. The molecule has 41 heavy (non-hydrogen) atoms. The van der Waals surface area contributed by atoms with E-state index < -0.39 is 41.1 Å². The van der Waals surface area contributed by atoms with Gasteiger partial charge in [0, 0.05) is 39.3 Å². The maximum absolute atomic E-state index is 14.9. The number of hydrogen-bond donors (Lipinski definition) is 2. The lowest BCUT2D eigenvalue weighted by Gasteiger charge is -2.52. The molecule has 0 radical (unpaired) electrons. The molecule has 2 aromatic rings. The molecule has 1 aliphatic heterocycles. The van der Waals surface area contributed by atoms with Gasteiger partial charge in [0.2, 0.25) is 0 Å². The summed E-state index contributed by atoms with van der Waals surface area (Å²) >= 11 is 0. The number of methoxy groups -OCH3 is 1. The Bertz CT molecular complexity index is 1200. The number of ether oxygens (including phenoxy) is 1. The van der Waals surface area contributed by atoms with E-state index in [1.165, 1.54) is 21.7 Å². The Kier molecular flexibility index (Phi) is 10.8. The summed E-state index contributed by atoms with van der Waals surface area (Å²) in [6.07, 6.45) is 0.830. The molecule has 0 aliphatic carbocycles. The zero-order valence-electron chi connectivity index (χ0n) is 24.8. The number of benzene rings is 1. The maximum atomic E-state index is 14.9. The molecular formula is C29H43F2N5O5. The number of halogens is 2. The fourth-order valence-corrected chi connectivity index (χ4v) is 5.79. The molecule has 1 aromatic carbocycles. The van der Waals surface area contributed by atoms with Gasteiger partial charge in [-0.25, -0.2) is 18.3 Å². The second-order valence-electron chi connectivity index (χ2n) is 12.3. The molecule has 2 heterocycles. The third-order valence-corrected chi connectivity index (χ3v) is 7.48. The Hall–Kier alpha value is -3.12. The monoisotopic (exact) mass is 579 g/mol. The van der Waals surface area contributed by atoms with Crippen molar-refractivity contribution in [3.63, 3.8) is 0 Å². The van der Waals surface area contributed by atoms with Gasteiger partial charge < -0.3 is 24.7 Å². The van der Waals surface area contributed by atoms with Crippen molar-refractivity contribution in [3.8, 4) is 5.69 Å². The number of likely N-dealkylation sites (tertiary alicyclic amines) is 1. The normalized spacial score (nSPS) is 19.6. The number of carbonyl (C=O) groups excluding carboxylic acids is 1. The molecule has 1 aliphatic rings. The van der Waals surface area contributed by atoms with Gasteiger partial charge in [0.15, 0.2) is 17.3 Å². The van der Waals surface area contributed by atoms with Gasteiger partial charge >= 0.3 is 6.09 Å². The smallest absolute Gasteiger partial charge is 0.407 e. The highest BCUT2D eigenvalue weighted by molar-refractivity contribution is 5.94. The molecule has 1 aromatic heterocycles. The summed E-state index contributed by atoms with van der Waals surface area (Å²) in [5, 5.41) is 28.5. The molecule has 228 valence electrons. The molecule has 12 heteroatoms. The second-order valence-corrected chi connectivity index (χ2v) is 12.3. The Labute approximate surface area is 240 Å². The van der Waals surface area contributed by atoms with E-state index in [4.69, 9.17) is 4.74 Å². The number of nitrogens with zero attached hydrogens (tertiary/aromatic N) is 5. The summed E-state index contributed by atoms with van der Waals surface area (Å²) in [4.78, 5) is 29.8.